The van der Waals surface area contributed by atoms with E-state index in [1.54, 1.807) is 6.92 Å². The molecule has 2 amide bonds. The topological polar surface area (TPSA) is 84.2 Å². The quantitative estimate of drug-likeness (QED) is 0.635. The minimum atomic E-state index is -0.517. The molecule has 0 aromatic carbocycles. The van der Waals surface area contributed by atoms with E-state index in [0.717, 1.165) is 25.7 Å². The van der Waals surface area contributed by atoms with Gasteiger partial charge in [0.15, 0.2) is 0 Å². The fourth-order valence-electron chi connectivity index (χ4n) is 5.03. The molecule has 5 atom stereocenters. The van der Waals surface area contributed by atoms with Crippen molar-refractivity contribution in [3.8, 4) is 0 Å². The van der Waals surface area contributed by atoms with Gasteiger partial charge in [-0.05, 0) is 56.3 Å². The minimum Gasteiger partial charge on any atom is -0.354 e. The third-order valence-electron chi connectivity index (χ3n) is 6.82. The summed E-state index contributed by atoms with van der Waals surface area (Å²) in [5.41, 5.74) is 5.75. The largest absolute Gasteiger partial charge is 0.354 e. The predicted octanol–water partition coefficient (Wildman–Crippen LogP) is 3.22. The molecule has 5 nitrogen and oxygen atoms in total. The molecule has 0 spiro atoms. The van der Waals surface area contributed by atoms with E-state index in [9.17, 15) is 9.59 Å². The Kier molecular flexibility index (Phi) is 8.59. The lowest BCUT2D eigenvalue weighted by molar-refractivity contribution is -0.130. The van der Waals surface area contributed by atoms with Gasteiger partial charge in [-0.2, -0.15) is 0 Å². The molecular weight excluding hydrogens is 338 g/mol. The second kappa shape index (κ2) is 10.4. The Hall–Kier alpha value is -1.10. The molecule has 5 heteroatoms. The molecule has 0 unspecified atom stereocenters. The molecule has 0 saturated heterocycles. The van der Waals surface area contributed by atoms with Crippen molar-refractivity contribution >= 4 is 11.8 Å². The number of hydrogen-bond acceptors (Lipinski definition) is 3. The van der Waals surface area contributed by atoms with E-state index in [-0.39, 0.29) is 23.8 Å². The van der Waals surface area contributed by atoms with E-state index in [1.165, 1.54) is 25.7 Å². The average Bonchev–Trinajstić information content (AvgIpc) is 2.64. The first-order valence-electron chi connectivity index (χ1n) is 11.1. The number of hydrogen-bond donors (Lipinski definition) is 3. The highest BCUT2D eigenvalue weighted by Gasteiger charge is 2.36. The number of amides is 2. The van der Waals surface area contributed by atoms with Crippen molar-refractivity contribution < 1.29 is 9.59 Å². The smallest absolute Gasteiger partial charge is 0.236 e. The standard InChI is InChI=1S/C22H41N3O2/c1-14(2)18-11-10-15(3)12-19(18)22(27)24-13-20(25-21(26)16(4)23)17-8-6-5-7-9-17/h14-20H,5-13,23H2,1-4H3,(H,24,27)(H,25,26)/t15-,16-,18+,19-,20-/m1/s1. The van der Waals surface area contributed by atoms with Gasteiger partial charge in [0.25, 0.3) is 0 Å². The number of rotatable bonds is 7. The van der Waals surface area contributed by atoms with Gasteiger partial charge in [-0.3, -0.25) is 9.59 Å². The van der Waals surface area contributed by atoms with Gasteiger partial charge in [0, 0.05) is 18.5 Å². The van der Waals surface area contributed by atoms with E-state index in [0.29, 0.717) is 30.2 Å². The number of nitrogens with two attached hydrogens (primary N) is 1. The molecular formula is C22H41N3O2. The van der Waals surface area contributed by atoms with E-state index < -0.39 is 6.04 Å². The molecule has 2 rings (SSSR count). The molecule has 0 bridgehead atoms. The van der Waals surface area contributed by atoms with Crippen LogP contribution in [0.1, 0.15) is 79.1 Å². The molecule has 0 aliphatic heterocycles. The molecule has 0 aromatic rings. The highest BCUT2D eigenvalue weighted by Crippen LogP contribution is 2.38. The predicted molar refractivity (Wildman–Crippen MR) is 110 cm³/mol. The maximum Gasteiger partial charge on any atom is 0.236 e. The monoisotopic (exact) mass is 379 g/mol. The van der Waals surface area contributed by atoms with Gasteiger partial charge >= 0.3 is 0 Å². The maximum atomic E-state index is 13.0. The maximum absolute atomic E-state index is 13.0. The minimum absolute atomic E-state index is 0.00809. The molecule has 0 heterocycles. The van der Waals surface area contributed by atoms with Crippen molar-refractivity contribution in [3.63, 3.8) is 0 Å². The van der Waals surface area contributed by atoms with Crippen LogP contribution in [0.2, 0.25) is 0 Å². The van der Waals surface area contributed by atoms with E-state index in [2.05, 4.69) is 31.4 Å². The number of carbonyl (C=O) groups is 2. The normalized spacial score (nSPS) is 29.2. The Morgan fingerprint density at radius 2 is 1.70 bits per heavy atom. The molecule has 2 saturated carbocycles. The van der Waals surface area contributed by atoms with E-state index in [1.807, 2.05) is 0 Å². The van der Waals surface area contributed by atoms with Gasteiger partial charge in [0.2, 0.25) is 11.8 Å². The molecule has 2 aliphatic carbocycles. The summed E-state index contributed by atoms with van der Waals surface area (Å²) in [6.45, 7) is 8.95. The zero-order chi connectivity index (χ0) is 20.0. The first kappa shape index (κ1) is 22.2. The second-order valence-corrected chi connectivity index (χ2v) is 9.48. The van der Waals surface area contributed by atoms with Gasteiger partial charge in [-0.1, -0.05) is 46.5 Å². The summed E-state index contributed by atoms with van der Waals surface area (Å²) in [5.74, 6) is 2.20. The molecule has 0 radical (unpaired) electrons. The van der Waals surface area contributed by atoms with Crippen LogP contribution in [-0.4, -0.2) is 30.4 Å². The summed E-state index contributed by atoms with van der Waals surface area (Å²) in [6.07, 6.45) is 9.27. The molecule has 2 aliphatic rings. The van der Waals surface area contributed by atoms with Crippen molar-refractivity contribution in [1.82, 2.24) is 10.6 Å². The average molecular weight is 380 g/mol. The van der Waals surface area contributed by atoms with Crippen LogP contribution in [0, 0.1) is 29.6 Å². The molecule has 0 aromatic heterocycles. The number of nitrogens with one attached hydrogen (secondary N) is 2. The van der Waals surface area contributed by atoms with Crippen LogP contribution in [0.3, 0.4) is 0 Å². The lowest BCUT2D eigenvalue weighted by atomic mass is 9.69. The Labute approximate surface area is 165 Å². The van der Waals surface area contributed by atoms with Crippen LogP contribution in [0.4, 0.5) is 0 Å². The summed E-state index contributed by atoms with van der Waals surface area (Å²) in [5, 5.41) is 6.31. The van der Waals surface area contributed by atoms with Crippen molar-refractivity contribution in [2.24, 2.45) is 35.3 Å². The van der Waals surface area contributed by atoms with Crippen LogP contribution >= 0.6 is 0 Å². The zero-order valence-electron chi connectivity index (χ0n) is 17.8. The van der Waals surface area contributed by atoms with Crippen molar-refractivity contribution in [2.75, 3.05) is 6.54 Å². The fourth-order valence-corrected chi connectivity index (χ4v) is 5.03. The highest BCUT2D eigenvalue weighted by atomic mass is 16.2. The summed E-state index contributed by atoms with van der Waals surface area (Å²) >= 11 is 0. The van der Waals surface area contributed by atoms with Crippen LogP contribution < -0.4 is 16.4 Å². The molecule has 156 valence electrons. The highest BCUT2D eigenvalue weighted by molar-refractivity contribution is 5.82. The molecule has 2 fully saturated rings. The lowest BCUT2D eigenvalue weighted by Gasteiger charge is -2.37. The SMILES string of the molecule is CC(C)[C@@H]1CC[C@@H](C)C[C@H]1C(=O)NC[C@@H](NC(=O)[C@@H](C)N)C1CCCCC1. The molecule has 27 heavy (non-hydrogen) atoms. The zero-order valence-corrected chi connectivity index (χ0v) is 17.8. The lowest BCUT2D eigenvalue weighted by Crippen LogP contribution is -2.53. The second-order valence-electron chi connectivity index (χ2n) is 9.48. The Balaban J connectivity index is 1.98. The summed E-state index contributed by atoms with van der Waals surface area (Å²) < 4.78 is 0. The fraction of sp³-hybridized carbons (Fsp3) is 0.909. The summed E-state index contributed by atoms with van der Waals surface area (Å²) in [6, 6.07) is -0.525. The van der Waals surface area contributed by atoms with E-state index >= 15 is 0 Å². The first-order valence-corrected chi connectivity index (χ1v) is 11.1. The molecule has 4 N–H and O–H groups in total. The van der Waals surface area contributed by atoms with Gasteiger partial charge in [0.05, 0.1) is 6.04 Å². The van der Waals surface area contributed by atoms with Gasteiger partial charge < -0.3 is 16.4 Å². The van der Waals surface area contributed by atoms with Crippen molar-refractivity contribution in [2.45, 2.75) is 91.1 Å². The van der Waals surface area contributed by atoms with Crippen LogP contribution in [0.5, 0.6) is 0 Å². The Morgan fingerprint density at radius 1 is 1.04 bits per heavy atom. The van der Waals surface area contributed by atoms with Crippen LogP contribution in [-0.2, 0) is 9.59 Å². The van der Waals surface area contributed by atoms with Crippen molar-refractivity contribution in [1.29, 1.82) is 0 Å². The Bertz CT molecular complexity index is 486. The van der Waals surface area contributed by atoms with Crippen LogP contribution in [0.25, 0.3) is 0 Å². The third kappa shape index (κ3) is 6.48. The van der Waals surface area contributed by atoms with Gasteiger partial charge in [-0.15, -0.1) is 0 Å². The Morgan fingerprint density at radius 3 is 2.30 bits per heavy atom. The van der Waals surface area contributed by atoms with E-state index in [4.69, 9.17) is 5.73 Å². The first-order chi connectivity index (χ1) is 12.8. The third-order valence-corrected chi connectivity index (χ3v) is 6.82. The summed E-state index contributed by atoms with van der Waals surface area (Å²) in [4.78, 5) is 25.2. The summed E-state index contributed by atoms with van der Waals surface area (Å²) in [7, 11) is 0. The van der Waals surface area contributed by atoms with Crippen LogP contribution in [0.15, 0.2) is 0 Å². The van der Waals surface area contributed by atoms with Crippen molar-refractivity contribution in [3.05, 3.63) is 0 Å². The number of carbonyl (C=O) groups excluding carboxylic acids is 2. The van der Waals surface area contributed by atoms with Gasteiger partial charge in [-0.25, -0.2) is 0 Å². The van der Waals surface area contributed by atoms with Gasteiger partial charge in [0.1, 0.15) is 0 Å².